The van der Waals surface area contributed by atoms with Crippen LogP contribution in [0.15, 0.2) is 67.8 Å². The van der Waals surface area contributed by atoms with Crippen molar-refractivity contribution in [1.82, 2.24) is 19.9 Å². The lowest BCUT2D eigenvalue weighted by Gasteiger charge is -2.26. The van der Waals surface area contributed by atoms with Crippen LogP contribution in [0.3, 0.4) is 0 Å². The molecule has 12 heteroatoms. The number of fused-ring (bicyclic) bond motifs is 1. The molecule has 0 amide bonds. The molecule has 40 heavy (non-hydrogen) atoms. The van der Waals surface area contributed by atoms with Gasteiger partial charge < -0.3 is 25.7 Å². The predicted molar refractivity (Wildman–Crippen MR) is 162 cm³/mol. The van der Waals surface area contributed by atoms with Crippen molar-refractivity contribution in [3.05, 3.63) is 72.7 Å². The summed E-state index contributed by atoms with van der Waals surface area (Å²) in [6, 6.07) is 10.9. The quantitative estimate of drug-likeness (QED) is 0.145. The topological polar surface area (TPSA) is 144 Å². The number of likely N-dealkylation sites (N-methyl/N-ethyl adjacent to an activating group) is 2. The molecule has 0 unspecified atom stereocenters. The Morgan fingerprint density at radius 2 is 1.52 bits per heavy atom. The van der Waals surface area contributed by atoms with E-state index in [2.05, 4.69) is 92.7 Å². The third kappa shape index (κ3) is 11.2. The monoisotopic (exact) mass is 567 g/mol. The number of nitrogens with zero attached hydrogens (tertiary/aromatic N) is 5. The van der Waals surface area contributed by atoms with Crippen LogP contribution >= 0.6 is 11.3 Å². The maximum atomic E-state index is 9.55. The largest absolute Gasteiger partial charge is 0.478 e. The maximum absolute atomic E-state index is 9.55. The van der Waals surface area contributed by atoms with Gasteiger partial charge in [0.2, 0.25) is 17.8 Å². The lowest BCUT2D eigenvalue weighted by molar-refractivity contribution is -0.134. The molecule has 4 N–H and O–H groups in total. The van der Waals surface area contributed by atoms with Gasteiger partial charge in [0.1, 0.15) is 0 Å². The van der Waals surface area contributed by atoms with Crippen molar-refractivity contribution in [1.29, 1.82) is 0 Å². The Hall–Kier alpha value is -4.29. The Balaban J connectivity index is 0.000000611. The van der Waals surface area contributed by atoms with Gasteiger partial charge in [0.25, 0.3) is 0 Å². The lowest BCUT2D eigenvalue weighted by Crippen LogP contribution is -2.36. The van der Waals surface area contributed by atoms with Crippen molar-refractivity contribution in [3.63, 3.8) is 0 Å². The van der Waals surface area contributed by atoms with Crippen LogP contribution in [0.1, 0.15) is 18.7 Å². The average Bonchev–Trinajstić information content (AvgIpc) is 3.36. The van der Waals surface area contributed by atoms with Crippen molar-refractivity contribution in [3.8, 4) is 0 Å². The smallest absolute Gasteiger partial charge is 0.328 e. The van der Waals surface area contributed by atoms with Gasteiger partial charge in [0, 0.05) is 61.0 Å². The number of carbonyl (C=O) groups is 2. The molecule has 3 rings (SSSR count). The molecule has 1 aromatic carbocycles. The van der Waals surface area contributed by atoms with E-state index >= 15 is 0 Å². The molecule has 0 aliphatic heterocycles. The van der Waals surface area contributed by atoms with Gasteiger partial charge in [-0.25, -0.2) is 9.59 Å². The Morgan fingerprint density at radius 1 is 0.925 bits per heavy atom. The van der Waals surface area contributed by atoms with Crippen molar-refractivity contribution < 1.29 is 19.8 Å². The molecule has 2 aromatic heterocycles. The highest BCUT2D eigenvalue weighted by Gasteiger charge is 2.14. The van der Waals surface area contributed by atoms with Crippen molar-refractivity contribution >= 4 is 51.2 Å². The number of benzene rings is 1. The van der Waals surface area contributed by atoms with Gasteiger partial charge in [-0.1, -0.05) is 37.3 Å². The van der Waals surface area contributed by atoms with E-state index in [1.54, 1.807) is 12.2 Å². The molecule has 0 saturated heterocycles. The molecule has 0 spiro atoms. The number of anilines is 3. The number of thiophene rings is 1. The van der Waals surface area contributed by atoms with Crippen LogP contribution in [0.5, 0.6) is 0 Å². The maximum Gasteiger partial charge on any atom is 0.328 e. The van der Waals surface area contributed by atoms with Crippen molar-refractivity contribution in [2.75, 3.05) is 54.8 Å². The molecule has 0 radical (unpaired) electrons. The molecule has 11 nitrogen and oxygen atoms in total. The van der Waals surface area contributed by atoms with Crippen LogP contribution < -0.4 is 15.5 Å². The second-order valence-electron chi connectivity index (χ2n) is 8.33. The van der Waals surface area contributed by atoms with Crippen LogP contribution in [-0.4, -0.2) is 81.3 Å². The summed E-state index contributed by atoms with van der Waals surface area (Å²) in [5.74, 6) is -0.770. The fourth-order valence-electron chi connectivity index (χ4n) is 3.48. The number of rotatable bonds is 16. The highest BCUT2D eigenvalue weighted by Crippen LogP contribution is 2.26. The number of carboxylic acid groups (broad SMARTS) is 2. The highest BCUT2D eigenvalue weighted by atomic mass is 32.1. The van der Waals surface area contributed by atoms with Gasteiger partial charge >= 0.3 is 11.9 Å². The SMILES string of the molecule is C=CCNc1nc(NCC=C)nc(N(CC)CCN(CC)Cc2cc3ccccc3s2)n1.O=C(O)C=CC(=O)O. The third-order valence-electron chi connectivity index (χ3n) is 5.46. The van der Waals surface area contributed by atoms with Gasteiger partial charge in [-0.2, -0.15) is 15.0 Å². The van der Waals surface area contributed by atoms with Crippen LogP contribution in [0.4, 0.5) is 17.8 Å². The minimum Gasteiger partial charge on any atom is -0.478 e. The van der Waals surface area contributed by atoms with E-state index in [1.807, 2.05) is 11.3 Å². The number of hydrogen-bond acceptors (Lipinski definition) is 10. The van der Waals surface area contributed by atoms with Crippen LogP contribution in [0, 0.1) is 0 Å². The number of hydrogen-bond donors (Lipinski definition) is 4. The van der Waals surface area contributed by atoms with E-state index in [1.165, 1.54) is 15.0 Å². The molecule has 214 valence electrons. The number of nitrogens with one attached hydrogen (secondary N) is 2. The first-order valence-electron chi connectivity index (χ1n) is 12.8. The minimum atomic E-state index is -1.26. The summed E-state index contributed by atoms with van der Waals surface area (Å²) in [6.45, 7) is 17.5. The molecule has 0 aliphatic rings. The summed E-state index contributed by atoms with van der Waals surface area (Å²) < 4.78 is 1.35. The fourth-order valence-corrected chi connectivity index (χ4v) is 4.59. The van der Waals surface area contributed by atoms with E-state index in [0.29, 0.717) is 43.1 Å². The first-order chi connectivity index (χ1) is 19.3. The standard InChI is InChI=1S/C24H33N7S.C4H4O4/c1-5-13-25-22-27-23(26-14-6-2)29-24(28-22)31(8-4)16-15-30(7-3)18-20-17-19-11-9-10-12-21(19)32-20;5-3(6)1-2-4(7)8/h5-6,9-12,17H,1-2,7-8,13-16,18H2,3-4H3,(H2,25,26,27,28,29);1-2H,(H,5,6)(H,7,8). The minimum absolute atomic E-state index is 0.539. The normalized spacial score (nSPS) is 10.7. The summed E-state index contributed by atoms with van der Waals surface area (Å²) in [7, 11) is 0. The second kappa shape index (κ2) is 17.3. The molecular formula is C28H37N7O4S. The Morgan fingerprint density at radius 3 is 2.02 bits per heavy atom. The van der Waals surface area contributed by atoms with E-state index in [4.69, 9.17) is 10.2 Å². The zero-order valence-electron chi connectivity index (χ0n) is 22.9. The Bertz CT molecular complexity index is 1220. The fraction of sp³-hybridized carbons (Fsp3) is 0.321. The average molecular weight is 568 g/mol. The van der Waals surface area contributed by atoms with E-state index in [-0.39, 0.29) is 0 Å². The molecule has 0 atom stereocenters. The van der Waals surface area contributed by atoms with E-state index in [9.17, 15) is 9.59 Å². The Kier molecular flexibility index (Phi) is 13.8. The van der Waals surface area contributed by atoms with Crippen molar-refractivity contribution in [2.45, 2.75) is 20.4 Å². The molecule has 0 bridgehead atoms. The zero-order chi connectivity index (χ0) is 29.3. The van der Waals surface area contributed by atoms with Gasteiger partial charge in [0.15, 0.2) is 0 Å². The molecular weight excluding hydrogens is 530 g/mol. The Labute approximate surface area is 238 Å². The summed E-state index contributed by atoms with van der Waals surface area (Å²) in [4.78, 5) is 38.8. The molecule has 0 fully saturated rings. The summed E-state index contributed by atoms with van der Waals surface area (Å²) in [6.07, 6.45) is 4.68. The molecule has 3 aromatic rings. The van der Waals surface area contributed by atoms with Crippen LogP contribution in [0.2, 0.25) is 0 Å². The van der Waals surface area contributed by atoms with Gasteiger partial charge in [-0.3, -0.25) is 4.90 Å². The van der Waals surface area contributed by atoms with Crippen LogP contribution in [-0.2, 0) is 16.1 Å². The predicted octanol–water partition coefficient (Wildman–Crippen LogP) is 4.34. The van der Waals surface area contributed by atoms with Gasteiger partial charge in [0.05, 0.1) is 0 Å². The summed E-state index contributed by atoms with van der Waals surface area (Å²) in [5.41, 5.74) is 0. The number of aliphatic carboxylic acids is 2. The third-order valence-corrected chi connectivity index (χ3v) is 6.56. The zero-order valence-corrected chi connectivity index (χ0v) is 23.7. The van der Waals surface area contributed by atoms with Crippen LogP contribution in [0.25, 0.3) is 10.1 Å². The van der Waals surface area contributed by atoms with Gasteiger partial charge in [-0.05, 0) is 31.0 Å². The first kappa shape index (κ1) is 31.9. The van der Waals surface area contributed by atoms with E-state index < -0.39 is 11.9 Å². The van der Waals surface area contributed by atoms with Gasteiger partial charge in [-0.15, -0.1) is 24.5 Å². The highest BCUT2D eigenvalue weighted by molar-refractivity contribution is 7.19. The molecule has 2 heterocycles. The second-order valence-corrected chi connectivity index (χ2v) is 9.50. The van der Waals surface area contributed by atoms with Crippen molar-refractivity contribution in [2.24, 2.45) is 0 Å². The molecule has 0 aliphatic carbocycles. The summed E-state index contributed by atoms with van der Waals surface area (Å²) in [5, 5.41) is 23.3. The number of aromatic nitrogens is 3. The summed E-state index contributed by atoms with van der Waals surface area (Å²) >= 11 is 1.88. The lowest BCUT2D eigenvalue weighted by atomic mass is 10.2. The first-order valence-corrected chi connectivity index (χ1v) is 13.6. The number of carboxylic acids is 2. The molecule has 0 saturated carbocycles. The van der Waals surface area contributed by atoms with E-state index in [0.717, 1.165) is 32.7 Å².